The topological polar surface area (TPSA) is 132 Å². The first-order valence-electron chi connectivity index (χ1n) is 13.7. The summed E-state index contributed by atoms with van der Waals surface area (Å²) in [5, 5.41) is 12.7. The van der Waals surface area contributed by atoms with Gasteiger partial charge >= 0.3 is 0 Å². The van der Waals surface area contributed by atoms with Crippen LogP contribution in [0.2, 0.25) is 10.0 Å². The summed E-state index contributed by atoms with van der Waals surface area (Å²) in [4.78, 5) is 49.3. The molecule has 4 aromatic rings. The number of aldehydes is 1. The Balaban J connectivity index is 1.40. The number of phenolic OH excluding ortho intramolecular Hbond substituents is 1. The SMILES string of the molecule is CC1Cc2nc3c(c(-c4cc(Cl)c(O)c(C=O)c4)cn3CC(=O)Nc3cc(N4CCOCC4C)nc(F)c3Cl)c(=O)n2C1. The quantitative estimate of drug-likeness (QED) is 0.239. The van der Waals surface area contributed by atoms with Crippen molar-refractivity contribution in [2.24, 2.45) is 5.92 Å². The van der Waals surface area contributed by atoms with E-state index in [4.69, 9.17) is 32.9 Å². The molecule has 2 N–H and O–H groups in total. The standard InChI is InChI=1S/C29H27Cl2FN6O5/c1-14-5-21-35-28-24(29(42)38(21)9-14)18(16-6-17(12-39)26(41)19(30)7-16)10-36(28)11-23(40)33-20-8-22(34-27(32)25(20)31)37-3-4-43-13-15(37)2/h6-8,10,12,14-15,41H,3-5,9,11,13H2,1-2H3,(H,33,34,40). The number of pyridine rings is 1. The van der Waals surface area contributed by atoms with Gasteiger partial charge in [-0.2, -0.15) is 4.39 Å². The zero-order chi connectivity index (χ0) is 30.6. The van der Waals surface area contributed by atoms with Crippen LogP contribution in [0.1, 0.15) is 30.0 Å². The Morgan fingerprint density at radius 3 is 2.79 bits per heavy atom. The normalized spacial score (nSPS) is 18.2. The monoisotopic (exact) mass is 628 g/mol. The van der Waals surface area contributed by atoms with Crippen molar-refractivity contribution in [1.29, 1.82) is 0 Å². The molecule has 43 heavy (non-hydrogen) atoms. The summed E-state index contributed by atoms with van der Waals surface area (Å²) in [5.41, 5.74) is 0.748. The van der Waals surface area contributed by atoms with Gasteiger partial charge in [-0.1, -0.05) is 30.1 Å². The van der Waals surface area contributed by atoms with Crippen molar-refractivity contribution < 1.29 is 23.8 Å². The second kappa shape index (κ2) is 11.3. The fourth-order valence-corrected chi connectivity index (χ4v) is 6.05. The molecule has 1 amide bonds. The van der Waals surface area contributed by atoms with Crippen LogP contribution in [0.4, 0.5) is 15.9 Å². The number of hydrogen-bond acceptors (Lipinski definition) is 8. The lowest BCUT2D eigenvalue weighted by molar-refractivity contribution is -0.116. The Morgan fingerprint density at radius 2 is 2.05 bits per heavy atom. The average molecular weight is 629 g/mol. The van der Waals surface area contributed by atoms with Crippen LogP contribution < -0.4 is 15.8 Å². The predicted molar refractivity (Wildman–Crippen MR) is 160 cm³/mol. The van der Waals surface area contributed by atoms with Gasteiger partial charge in [0, 0.05) is 37.3 Å². The molecule has 1 saturated heterocycles. The first kappa shape index (κ1) is 29.1. The fraction of sp³-hybridized carbons (Fsp3) is 0.345. The number of ether oxygens (including phenoxy) is 1. The van der Waals surface area contributed by atoms with E-state index in [2.05, 4.69) is 10.3 Å². The van der Waals surface area contributed by atoms with Gasteiger partial charge < -0.3 is 24.6 Å². The summed E-state index contributed by atoms with van der Waals surface area (Å²) >= 11 is 12.4. The number of phenols is 1. The number of rotatable bonds is 6. The van der Waals surface area contributed by atoms with Crippen LogP contribution in [-0.4, -0.2) is 62.2 Å². The summed E-state index contributed by atoms with van der Waals surface area (Å²) < 4.78 is 23.3. The van der Waals surface area contributed by atoms with Crippen LogP contribution >= 0.6 is 23.2 Å². The van der Waals surface area contributed by atoms with Gasteiger partial charge in [0.2, 0.25) is 11.9 Å². The van der Waals surface area contributed by atoms with Crippen molar-refractivity contribution in [2.45, 2.75) is 39.4 Å². The molecule has 0 saturated carbocycles. The van der Waals surface area contributed by atoms with E-state index < -0.39 is 11.9 Å². The Kier molecular flexibility index (Phi) is 7.61. The van der Waals surface area contributed by atoms with Gasteiger partial charge in [-0.15, -0.1) is 0 Å². The minimum absolute atomic E-state index is 0.0493. The number of anilines is 2. The summed E-state index contributed by atoms with van der Waals surface area (Å²) in [6, 6.07) is 4.32. The summed E-state index contributed by atoms with van der Waals surface area (Å²) in [5.74, 6) is -0.737. The Morgan fingerprint density at radius 1 is 1.26 bits per heavy atom. The molecule has 5 heterocycles. The van der Waals surface area contributed by atoms with Crippen molar-refractivity contribution in [3.05, 3.63) is 62.1 Å². The molecule has 2 unspecified atom stereocenters. The molecule has 14 heteroatoms. The molecule has 2 aliphatic rings. The van der Waals surface area contributed by atoms with E-state index >= 15 is 0 Å². The molecular formula is C29H27Cl2FN6O5. The zero-order valence-corrected chi connectivity index (χ0v) is 24.7. The number of fused-ring (bicyclic) bond motifs is 2. The maximum absolute atomic E-state index is 14.8. The van der Waals surface area contributed by atoms with E-state index in [1.54, 1.807) is 10.8 Å². The fourth-order valence-electron chi connectivity index (χ4n) is 5.68. The second-order valence-corrected chi connectivity index (χ2v) is 11.7. The first-order chi connectivity index (χ1) is 20.5. The number of nitrogens with zero attached hydrogens (tertiary/aromatic N) is 5. The maximum atomic E-state index is 14.8. The second-order valence-electron chi connectivity index (χ2n) is 10.9. The molecule has 1 fully saturated rings. The van der Waals surface area contributed by atoms with Crippen molar-refractivity contribution in [2.75, 3.05) is 30.0 Å². The van der Waals surface area contributed by atoms with Gasteiger partial charge in [-0.05, 0) is 30.5 Å². The third-order valence-corrected chi connectivity index (χ3v) is 8.41. The number of nitrogens with one attached hydrogen (secondary N) is 1. The van der Waals surface area contributed by atoms with Gasteiger partial charge in [0.15, 0.2) is 6.29 Å². The molecule has 0 spiro atoms. The Bertz CT molecular complexity index is 1860. The molecule has 11 nitrogen and oxygen atoms in total. The van der Waals surface area contributed by atoms with Crippen molar-refractivity contribution >= 4 is 57.9 Å². The number of morpholine rings is 1. The minimum atomic E-state index is -0.920. The third kappa shape index (κ3) is 5.23. The van der Waals surface area contributed by atoms with Gasteiger partial charge in [-0.25, -0.2) is 9.97 Å². The lowest BCUT2D eigenvalue weighted by atomic mass is 10.0. The first-order valence-corrected chi connectivity index (χ1v) is 14.4. The molecule has 3 aromatic heterocycles. The minimum Gasteiger partial charge on any atom is -0.506 e. The summed E-state index contributed by atoms with van der Waals surface area (Å²) in [6.07, 6.45) is 2.63. The lowest BCUT2D eigenvalue weighted by Crippen LogP contribution is -2.44. The molecule has 0 bridgehead atoms. The van der Waals surface area contributed by atoms with E-state index in [0.717, 1.165) is 0 Å². The van der Waals surface area contributed by atoms with Gasteiger partial charge in [0.05, 0.1) is 40.9 Å². The molecule has 1 aromatic carbocycles. The highest BCUT2D eigenvalue weighted by atomic mass is 35.5. The van der Waals surface area contributed by atoms with Crippen LogP contribution in [0.5, 0.6) is 5.75 Å². The van der Waals surface area contributed by atoms with Crippen molar-refractivity contribution in [3.63, 3.8) is 0 Å². The Labute approximate surface area is 254 Å². The number of amides is 1. The maximum Gasteiger partial charge on any atom is 0.263 e. The number of carbonyl (C=O) groups is 2. The number of aromatic hydroxyl groups is 1. The van der Waals surface area contributed by atoms with Gasteiger partial charge in [-0.3, -0.25) is 19.0 Å². The molecule has 0 radical (unpaired) electrons. The molecule has 2 atom stereocenters. The molecular weight excluding hydrogens is 602 g/mol. The number of halogens is 3. The van der Waals surface area contributed by atoms with Crippen molar-refractivity contribution in [3.8, 4) is 16.9 Å². The van der Waals surface area contributed by atoms with Crippen LogP contribution in [0.15, 0.2) is 29.2 Å². The van der Waals surface area contributed by atoms with Crippen LogP contribution in [0, 0.1) is 11.9 Å². The Hall–Kier alpha value is -4.00. The van der Waals surface area contributed by atoms with Gasteiger partial charge in [0.25, 0.3) is 5.56 Å². The molecule has 224 valence electrons. The van der Waals surface area contributed by atoms with E-state index in [1.165, 1.54) is 22.8 Å². The van der Waals surface area contributed by atoms with E-state index in [-0.39, 0.29) is 62.1 Å². The summed E-state index contributed by atoms with van der Waals surface area (Å²) in [6.45, 7) is 5.54. The van der Waals surface area contributed by atoms with E-state index in [0.29, 0.717) is 61.8 Å². The number of hydrogen-bond donors (Lipinski definition) is 2. The van der Waals surface area contributed by atoms with Crippen LogP contribution in [0.3, 0.4) is 0 Å². The highest BCUT2D eigenvalue weighted by Gasteiger charge is 2.27. The zero-order valence-electron chi connectivity index (χ0n) is 23.2. The molecule has 0 aliphatic carbocycles. The summed E-state index contributed by atoms with van der Waals surface area (Å²) in [7, 11) is 0. The smallest absolute Gasteiger partial charge is 0.263 e. The molecule has 6 rings (SSSR count). The predicted octanol–water partition coefficient (Wildman–Crippen LogP) is 4.28. The third-order valence-electron chi connectivity index (χ3n) is 7.77. The van der Waals surface area contributed by atoms with Crippen molar-refractivity contribution in [1.82, 2.24) is 19.1 Å². The van der Waals surface area contributed by atoms with E-state index in [9.17, 15) is 23.9 Å². The van der Waals surface area contributed by atoms with Crippen LogP contribution in [0.25, 0.3) is 22.2 Å². The van der Waals surface area contributed by atoms with Gasteiger partial charge in [0.1, 0.15) is 34.6 Å². The van der Waals surface area contributed by atoms with Crippen LogP contribution in [-0.2, 0) is 29.0 Å². The molecule has 2 aliphatic heterocycles. The lowest BCUT2D eigenvalue weighted by Gasteiger charge is -2.34. The largest absolute Gasteiger partial charge is 0.506 e. The number of carbonyl (C=O) groups excluding carboxylic acids is 2. The number of aromatic nitrogens is 4. The highest BCUT2D eigenvalue weighted by molar-refractivity contribution is 6.34. The number of benzene rings is 1. The highest BCUT2D eigenvalue weighted by Crippen LogP contribution is 2.36. The van der Waals surface area contributed by atoms with E-state index in [1.807, 2.05) is 18.7 Å². The average Bonchev–Trinajstić information content (AvgIpc) is 3.53.